The third-order valence-electron chi connectivity index (χ3n) is 2.40. The minimum Gasteiger partial charge on any atom is -0.388 e. The summed E-state index contributed by atoms with van der Waals surface area (Å²) in [6, 6.07) is 0. The minimum absolute atomic E-state index is 0.0332. The van der Waals surface area contributed by atoms with E-state index in [4.69, 9.17) is 5.41 Å². The lowest BCUT2D eigenvalue weighted by molar-refractivity contribution is 0.518. The number of allylic oxidation sites excluding steroid dienone is 2. The van der Waals surface area contributed by atoms with Gasteiger partial charge < -0.3 is 16.0 Å². The molecule has 0 bridgehead atoms. The Morgan fingerprint density at radius 3 is 2.64 bits per heavy atom. The summed E-state index contributed by atoms with van der Waals surface area (Å²) in [5, 5.41) is 13.5. The van der Waals surface area contributed by atoms with E-state index in [0.717, 1.165) is 5.70 Å². The number of nitrogens with one attached hydrogen (secondary N) is 3. The van der Waals surface area contributed by atoms with E-state index in [-0.39, 0.29) is 5.71 Å². The zero-order chi connectivity index (χ0) is 10.8. The SMILES string of the molecule is CNCC1(C)C=C(NC)C=C(F)C1=N. The van der Waals surface area contributed by atoms with E-state index in [0.29, 0.717) is 6.54 Å². The summed E-state index contributed by atoms with van der Waals surface area (Å²) in [6.07, 6.45) is 3.22. The van der Waals surface area contributed by atoms with Gasteiger partial charge in [0.15, 0.2) is 0 Å². The molecular weight excluding hydrogens is 181 g/mol. The zero-order valence-corrected chi connectivity index (χ0v) is 8.74. The van der Waals surface area contributed by atoms with Crippen LogP contribution in [0.4, 0.5) is 4.39 Å². The van der Waals surface area contributed by atoms with Crippen LogP contribution in [0.15, 0.2) is 23.7 Å². The molecule has 0 saturated heterocycles. The Bertz CT molecular complexity index is 306. The molecule has 0 aliphatic heterocycles. The maximum atomic E-state index is 13.4. The average Bonchev–Trinajstić information content (AvgIpc) is 2.14. The second-order valence-corrected chi connectivity index (χ2v) is 3.66. The summed E-state index contributed by atoms with van der Waals surface area (Å²) in [7, 11) is 3.53. The van der Waals surface area contributed by atoms with Gasteiger partial charge in [-0.15, -0.1) is 0 Å². The molecule has 0 spiro atoms. The van der Waals surface area contributed by atoms with E-state index in [2.05, 4.69) is 10.6 Å². The van der Waals surface area contributed by atoms with Crippen LogP contribution in [0.2, 0.25) is 0 Å². The number of hydrogen-bond acceptors (Lipinski definition) is 3. The van der Waals surface area contributed by atoms with Gasteiger partial charge in [-0.25, -0.2) is 4.39 Å². The molecule has 1 rings (SSSR count). The van der Waals surface area contributed by atoms with Gasteiger partial charge in [-0.3, -0.25) is 0 Å². The Balaban J connectivity index is 3.03. The first-order valence-corrected chi connectivity index (χ1v) is 4.55. The van der Waals surface area contributed by atoms with Gasteiger partial charge in [0.1, 0.15) is 5.83 Å². The summed E-state index contributed by atoms with van der Waals surface area (Å²) in [6.45, 7) is 2.40. The zero-order valence-electron chi connectivity index (χ0n) is 8.74. The summed E-state index contributed by atoms with van der Waals surface area (Å²) < 4.78 is 13.4. The molecule has 1 unspecified atom stereocenters. The molecule has 0 aromatic heterocycles. The van der Waals surface area contributed by atoms with Crippen LogP contribution >= 0.6 is 0 Å². The van der Waals surface area contributed by atoms with E-state index in [1.807, 2.05) is 13.0 Å². The quantitative estimate of drug-likeness (QED) is 0.636. The van der Waals surface area contributed by atoms with Crippen molar-refractivity contribution in [2.75, 3.05) is 20.6 Å². The molecule has 1 atom stereocenters. The average molecular weight is 197 g/mol. The summed E-state index contributed by atoms with van der Waals surface area (Å²) in [5.41, 5.74) is 0.188. The van der Waals surface area contributed by atoms with E-state index >= 15 is 0 Å². The lowest BCUT2D eigenvalue weighted by Crippen LogP contribution is -2.38. The predicted octanol–water partition coefficient (Wildman–Crippen LogP) is 1.20. The van der Waals surface area contributed by atoms with Crippen molar-refractivity contribution in [1.29, 1.82) is 5.41 Å². The third-order valence-corrected chi connectivity index (χ3v) is 2.40. The largest absolute Gasteiger partial charge is 0.388 e. The molecule has 78 valence electrons. The Labute approximate surface area is 83.6 Å². The molecule has 0 fully saturated rings. The van der Waals surface area contributed by atoms with Crippen LogP contribution in [0.5, 0.6) is 0 Å². The molecule has 0 aromatic rings. The highest BCUT2D eigenvalue weighted by atomic mass is 19.1. The van der Waals surface area contributed by atoms with Crippen molar-refractivity contribution in [1.82, 2.24) is 10.6 Å². The second kappa shape index (κ2) is 3.92. The van der Waals surface area contributed by atoms with Gasteiger partial charge in [0.05, 0.1) is 5.71 Å². The van der Waals surface area contributed by atoms with Crippen molar-refractivity contribution >= 4 is 5.71 Å². The van der Waals surface area contributed by atoms with Gasteiger partial charge >= 0.3 is 0 Å². The summed E-state index contributed by atoms with van der Waals surface area (Å²) in [5.74, 6) is -0.463. The van der Waals surface area contributed by atoms with Crippen LogP contribution < -0.4 is 10.6 Å². The van der Waals surface area contributed by atoms with Gasteiger partial charge in [0.2, 0.25) is 0 Å². The molecule has 3 N–H and O–H groups in total. The highest BCUT2D eigenvalue weighted by Crippen LogP contribution is 2.29. The fourth-order valence-electron chi connectivity index (χ4n) is 1.59. The van der Waals surface area contributed by atoms with Crippen molar-refractivity contribution in [3.8, 4) is 0 Å². The Morgan fingerprint density at radius 2 is 2.14 bits per heavy atom. The Kier molecular flexibility index (Phi) is 3.06. The highest BCUT2D eigenvalue weighted by molar-refractivity contribution is 6.03. The molecule has 1 aliphatic carbocycles. The van der Waals surface area contributed by atoms with Crippen LogP contribution in [-0.4, -0.2) is 26.4 Å². The number of rotatable bonds is 3. The maximum Gasteiger partial charge on any atom is 0.146 e. The van der Waals surface area contributed by atoms with Gasteiger partial charge in [-0.1, -0.05) is 0 Å². The van der Waals surface area contributed by atoms with Crippen LogP contribution in [0.3, 0.4) is 0 Å². The fourth-order valence-corrected chi connectivity index (χ4v) is 1.59. The normalized spacial score (nSPS) is 27.0. The minimum atomic E-state index is -0.564. The second-order valence-electron chi connectivity index (χ2n) is 3.66. The molecular formula is C10H16FN3. The van der Waals surface area contributed by atoms with Crippen molar-refractivity contribution in [2.45, 2.75) is 6.92 Å². The Morgan fingerprint density at radius 1 is 1.50 bits per heavy atom. The van der Waals surface area contributed by atoms with Gasteiger partial charge in [-0.2, -0.15) is 0 Å². The molecule has 0 amide bonds. The van der Waals surface area contributed by atoms with Crippen molar-refractivity contribution in [3.63, 3.8) is 0 Å². The van der Waals surface area contributed by atoms with Crippen molar-refractivity contribution < 1.29 is 4.39 Å². The topological polar surface area (TPSA) is 47.9 Å². The molecule has 4 heteroatoms. The van der Waals surface area contributed by atoms with Crippen LogP contribution in [0.1, 0.15) is 6.92 Å². The molecule has 0 saturated carbocycles. The molecule has 0 radical (unpaired) electrons. The molecule has 3 nitrogen and oxygen atoms in total. The Hall–Kier alpha value is -1.16. The molecule has 14 heavy (non-hydrogen) atoms. The van der Waals surface area contributed by atoms with E-state index < -0.39 is 11.2 Å². The maximum absolute atomic E-state index is 13.4. The summed E-state index contributed by atoms with van der Waals surface area (Å²) >= 11 is 0. The van der Waals surface area contributed by atoms with E-state index in [1.54, 1.807) is 14.1 Å². The number of hydrogen-bond donors (Lipinski definition) is 3. The first-order chi connectivity index (χ1) is 6.53. The number of likely N-dealkylation sites (N-methyl/N-ethyl adjacent to an activating group) is 1. The fraction of sp³-hybridized carbons (Fsp3) is 0.500. The van der Waals surface area contributed by atoms with Gasteiger partial charge in [0.25, 0.3) is 0 Å². The third kappa shape index (κ3) is 1.85. The number of halogens is 1. The smallest absolute Gasteiger partial charge is 0.146 e. The lowest BCUT2D eigenvalue weighted by Gasteiger charge is -2.29. The highest BCUT2D eigenvalue weighted by Gasteiger charge is 2.32. The standard InChI is InChI=1S/C10H16FN3/c1-10(6-13-2)5-7(14-3)4-8(11)9(10)12/h4-5,12-14H,6H2,1-3H3. The first-order valence-electron chi connectivity index (χ1n) is 4.55. The van der Waals surface area contributed by atoms with Gasteiger partial charge in [-0.05, 0) is 26.1 Å². The van der Waals surface area contributed by atoms with E-state index in [9.17, 15) is 4.39 Å². The first kappa shape index (κ1) is 10.9. The molecule has 0 heterocycles. The molecule has 0 aromatic carbocycles. The van der Waals surface area contributed by atoms with Crippen LogP contribution in [0.25, 0.3) is 0 Å². The predicted molar refractivity (Wildman–Crippen MR) is 56.1 cm³/mol. The van der Waals surface area contributed by atoms with Gasteiger partial charge in [0, 0.05) is 24.7 Å². The van der Waals surface area contributed by atoms with Crippen molar-refractivity contribution in [2.24, 2.45) is 5.41 Å². The van der Waals surface area contributed by atoms with Crippen LogP contribution in [-0.2, 0) is 0 Å². The molecule has 1 aliphatic rings. The van der Waals surface area contributed by atoms with E-state index in [1.165, 1.54) is 6.08 Å². The van der Waals surface area contributed by atoms with Crippen LogP contribution in [0, 0.1) is 10.8 Å². The monoisotopic (exact) mass is 197 g/mol. The summed E-state index contributed by atoms with van der Waals surface area (Å²) in [4.78, 5) is 0. The lowest BCUT2D eigenvalue weighted by atomic mass is 9.80. The van der Waals surface area contributed by atoms with Crippen molar-refractivity contribution in [3.05, 3.63) is 23.7 Å².